The molecule has 9 rings (SSSR count). The third-order valence-corrected chi connectivity index (χ3v) is 18.4. The van der Waals surface area contributed by atoms with Gasteiger partial charge in [0.15, 0.2) is 0 Å². The maximum atomic E-state index is 8.88. The number of phosphoric acid groups is 1. The van der Waals surface area contributed by atoms with Crippen LogP contribution in [0.3, 0.4) is 0 Å². The average Bonchev–Trinajstić information content (AvgIpc) is 3.79. The fourth-order valence-corrected chi connectivity index (χ4v) is 15.1. The summed E-state index contributed by atoms with van der Waals surface area (Å²) < 4.78 is 25.4. The van der Waals surface area contributed by atoms with E-state index in [0.29, 0.717) is 16.2 Å². The zero-order valence-corrected chi connectivity index (χ0v) is 48.6. The maximum Gasteiger partial charge on any atom is 0.466 e. The SMILES string of the molecule is COc1cccc(C23CCCCC2CCN(CC(C)C)CC3)c1.COc1cccc(C23CCCCC2CCN(CC(C)C)CC3)c1.COc1cccc(C23CCCCC2CCN(CC(C)C)CC3)c1.O=P(O)(O)O. The minimum atomic E-state index is -4.64. The molecular formula is C63H102N3O7P. The topological polar surface area (TPSA) is 115 Å². The molecule has 3 aliphatic heterocycles. The summed E-state index contributed by atoms with van der Waals surface area (Å²) in [7, 11) is 0.714. The first-order valence-electron chi connectivity index (χ1n) is 29.3. The van der Waals surface area contributed by atoms with Crippen LogP contribution in [0.2, 0.25) is 0 Å². The summed E-state index contributed by atoms with van der Waals surface area (Å²) in [4.78, 5) is 29.7. The van der Waals surface area contributed by atoms with Crippen LogP contribution >= 0.6 is 7.82 Å². The molecule has 10 nitrogen and oxygen atoms in total. The van der Waals surface area contributed by atoms with E-state index < -0.39 is 7.82 Å². The summed E-state index contributed by atoms with van der Waals surface area (Å²) >= 11 is 0. The minimum Gasteiger partial charge on any atom is -0.497 e. The van der Waals surface area contributed by atoms with Crippen LogP contribution in [0.4, 0.5) is 0 Å². The van der Waals surface area contributed by atoms with Gasteiger partial charge in [0.05, 0.1) is 21.3 Å². The standard InChI is InChI=1S/3C21H33NO.H3O4P/c3*1-17(2)16-22-13-10-18-7-4-5-11-21(18,12-14-22)19-8-6-9-20(15-19)23-3;1-5(2,3)4/h3*6,8-9,15,17-18H,4-5,7,10-14,16H2,1-3H3;(H3,1,2,3,4). The van der Waals surface area contributed by atoms with Gasteiger partial charge in [-0.2, -0.15) is 0 Å². The monoisotopic (exact) mass is 1040 g/mol. The minimum absolute atomic E-state index is 0.387. The van der Waals surface area contributed by atoms with E-state index in [1.165, 1.54) is 191 Å². The number of rotatable bonds is 12. The van der Waals surface area contributed by atoms with Crippen molar-refractivity contribution >= 4 is 7.82 Å². The molecule has 0 bridgehead atoms. The molecule has 0 amide bonds. The molecule has 0 aromatic heterocycles. The van der Waals surface area contributed by atoms with Crippen molar-refractivity contribution in [2.45, 2.75) is 173 Å². The quantitative estimate of drug-likeness (QED) is 0.152. The van der Waals surface area contributed by atoms with E-state index in [1.807, 2.05) is 0 Å². The molecule has 3 saturated carbocycles. The second-order valence-corrected chi connectivity index (χ2v) is 25.7. The predicted molar refractivity (Wildman–Crippen MR) is 306 cm³/mol. The molecule has 6 atom stereocenters. The van der Waals surface area contributed by atoms with Gasteiger partial charge in [0, 0.05) is 19.6 Å². The molecule has 6 fully saturated rings. The highest BCUT2D eigenvalue weighted by Gasteiger charge is 2.46. The lowest BCUT2D eigenvalue weighted by atomic mass is 9.60. The summed E-state index contributed by atoms with van der Waals surface area (Å²) in [5.41, 5.74) is 5.77. The Hall–Kier alpha value is -2.95. The highest BCUT2D eigenvalue weighted by atomic mass is 31.2. The molecule has 3 N–H and O–H groups in total. The number of likely N-dealkylation sites (tertiary alicyclic amines) is 3. The number of ether oxygens (including phenoxy) is 3. The third kappa shape index (κ3) is 16.8. The van der Waals surface area contributed by atoms with Gasteiger partial charge in [-0.05, 0) is 221 Å². The Morgan fingerprint density at radius 3 is 0.959 bits per heavy atom. The molecule has 0 radical (unpaired) electrons. The fraction of sp³-hybridized carbons (Fsp3) is 0.714. The second kappa shape index (κ2) is 28.6. The molecule has 3 saturated heterocycles. The molecule has 74 heavy (non-hydrogen) atoms. The lowest BCUT2D eigenvalue weighted by Gasteiger charge is -2.44. The van der Waals surface area contributed by atoms with E-state index in [0.717, 1.165) is 52.8 Å². The Bertz CT molecular complexity index is 1930. The molecule has 3 heterocycles. The van der Waals surface area contributed by atoms with E-state index in [9.17, 15) is 0 Å². The molecule has 0 spiro atoms. The van der Waals surface area contributed by atoms with Crippen LogP contribution in [-0.4, -0.2) is 110 Å². The largest absolute Gasteiger partial charge is 0.497 e. The predicted octanol–water partition coefficient (Wildman–Crippen LogP) is 13.7. The highest BCUT2D eigenvalue weighted by Crippen LogP contribution is 2.52. The molecule has 6 unspecified atom stereocenters. The van der Waals surface area contributed by atoms with Gasteiger partial charge in [-0.25, -0.2) is 4.57 Å². The lowest BCUT2D eigenvalue weighted by Crippen LogP contribution is -2.38. The average molecular weight is 1040 g/mol. The Labute approximate surface area is 450 Å². The number of methoxy groups -OCH3 is 3. The lowest BCUT2D eigenvalue weighted by molar-refractivity contribution is 0.176. The Morgan fingerprint density at radius 1 is 0.446 bits per heavy atom. The number of nitrogens with zero attached hydrogens (tertiary/aromatic N) is 3. The summed E-state index contributed by atoms with van der Waals surface area (Å²) in [6.07, 6.45) is 24.8. The Kier molecular flexibility index (Phi) is 23.3. The van der Waals surface area contributed by atoms with Gasteiger partial charge in [0.1, 0.15) is 17.2 Å². The molecular weight excluding hydrogens is 942 g/mol. The number of hydrogen-bond acceptors (Lipinski definition) is 7. The smallest absolute Gasteiger partial charge is 0.466 e. The van der Waals surface area contributed by atoms with E-state index in [2.05, 4.69) is 129 Å². The normalized spacial score (nSPS) is 28.0. The summed E-state index contributed by atoms with van der Waals surface area (Å²) in [5, 5.41) is 0. The second-order valence-electron chi connectivity index (χ2n) is 24.7. The van der Waals surface area contributed by atoms with Crippen LogP contribution in [0.1, 0.15) is 174 Å². The first kappa shape index (κ1) is 60.3. The van der Waals surface area contributed by atoms with Crippen molar-refractivity contribution in [3.05, 3.63) is 89.5 Å². The Morgan fingerprint density at radius 2 is 0.716 bits per heavy atom. The van der Waals surface area contributed by atoms with Crippen molar-refractivity contribution in [1.29, 1.82) is 0 Å². The molecule has 3 aromatic rings. The van der Waals surface area contributed by atoms with Crippen molar-refractivity contribution < 1.29 is 33.5 Å². The van der Waals surface area contributed by atoms with Crippen LogP contribution < -0.4 is 14.2 Å². The zero-order valence-electron chi connectivity index (χ0n) is 47.7. The van der Waals surface area contributed by atoms with Gasteiger partial charge in [-0.15, -0.1) is 0 Å². The number of hydrogen-bond donors (Lipinski definition) is 3. The van der Waals surface area contributed by atoms with Crippen molar-refractivity contribution in [2.75, 3.05) is 80.2 Å². The molecule has 416 valence electrons. The maximum absolute atomic E-state index is 8.88. The van der Waals surface area contributed by atoms with Gasteiger partial charge >= 0.3 is 7.82 Å². The molecule has 6 aliphatic rings. The summed E-state index contributed by atoms with van der Waals surface area (Å²) in [5.74, 6) is 7.90. The van der Waals surface area contributed by atoms with Crippen LogP contribution in [0.15, 0.2) is 72.8 Å². The first-order chi connectivity index (χ1) is 35.4. The van der Waals surface area contributed by atoms with Gasteiger partial charge < -0.3 is 43.6 Å². The van der Waals surface area contributed by atoms with E-state index >= 15 is 0 Å². The first-order valence-corrected chi connectivity index (χ1v) is 30.9. The van der Waals surface area contributed by atoms with Crippen molar-refractivity contribution in [2.24, 2.45) is 35.5 Å². The highest BCUT2D eigenvalue weighted by molar-refractivity contribution is 7.45. The van der Waals surface area contributed by atoms with E-state index in [-0.39, 0.29) is 0 Å². The van der Waals surface area contributed by atoms with Gasteiger partial charge in [-0.1, -0.05) is 116 Å². The third-order valence-electron chi connectivity index (χ3n) is 18.4. The zero-order chi connectivity index (χ0) is 53.4. The molecule has 3 aromatic carbocycles. The van der Waals surface area contributed by atoms with Crippen molar-refractivity contribution in [3.8, 4) is 17.2 Å². The Balaban J connectivity index is 0.000000173. The number of benzene rings is 3. The summed E-state index contributed by atoms with van der Waals surface area (Å²) in [6.45, 7) is 25.4. The van der Waals surface area contributed by atoms with Gasteiger partial charge in [-0.3, -0.25) is 0 Å². The fourth-order valence-electron chi connectivity index (χ4n) is 15.1. The van der Waals surface area contributed by atoms with Crippen LogP contribution in [-0.2, 0) is 20.8 Å². The van der Waals surface area contributed by atoms with Gasteiger partial charge in [0.25, 0.3) is 0 Å². The van der Waals surface area contributed by atoms with E-state index in [1.54, 1.807) is 21.3 Å². The van der Waals surface area contributed by atoms with Crippen LogP contribution in [0.5, 0.6) is 17.2 Å². The molecule has 3 aliphatic carbocycles. The van der Waals surface area contributed by atoms with Gasteiger partial charge in [0.2, 0.25) is 0 Å². The van der Waals surface area contributed by atoms with Crippen LogP contribution in [0.25, 0.3) is 0 Å². The summed E-state index contributed by atoms with van der Waals surface area (Å²) in [6, 6.07) is 26.8. The van der Waals surface area contributed by atoms with Crippen molar-refractivity contribution in [1.82, 2.24) is 14.7 Å². The number of fused-ring (bicyclic) bond motifs is 3. The van der Waals surface area contributed by atoms with Crippen LogP contribution in [0, 0.1) is 35.5 Å². The molecule has 11 heteroatoms. The van der Waals surface area contributed by atoms with E-state index in [4.69, 9.17) is 33.5 Å². The van der Waals surface area contributed by atoms with Crippen molar-refractivity contribution in [3.63, 3.8) is 0 Å².